The van der Waals surface area contributed by atoms with E-state index in [1.54, 1.807) is 12.4 Å². The highest BCUT2D eigenvalue weighted by Gasteiger charge is 2.22. The summed E-state index contributed by atoms with van der Waals surface area (Å²) in [6, 6.07) is 11.6. The molecule has 3 rings (SSSR count). The molecule has 2 aromatic rings. The van der Waals surface area contributed by atoms with Gasteiger partial charge in [0, 0.05) is 18.0 Å². The van der Waals surface area contributed by atoms with Gasteiger partial charge in [0.15, 0.2) is 0 Å². The number of rotatable bonds is 4. The first-order valence-electron chi connectivity index (χ1n) is 8.46. The van der Waals surface area contributed by atoms with E-state index in [0.717, 1.165) is 36.1 Å². The van der Waals surface area contributed by atoms with Crippen molar-refractivity contribution in [2.75, 3.05) is 6.61 Å². The summed E-state index contributed by atoms with van der Waals surface area (Å²) < 4.78 is 5.75. The Kier molecular flexibility index (Phi) is 5.31. The van der Waals surface area contributed by atoms with Gasteiger partial charge in [-0.25, -0.2) is 4.79 Å². The molecular formula is C19H23N3O2. The van der Waals surface area contributed by atoms with Gasteiger partial charge in [-0.05, 0) is 43.0 Å². The van der Waals surface area contributed by atoms with Crippen LogP contribution in [0.25, 0.3) is 0 Å². The number of amides is 2. The lowest BCUT2D eigenvalue weighted by Crippen LogP contribution is -2.39. The maximum Gasteiger partial charge on any atom is 0.315 e. The molecule has 126 valence electrons. The van der Waals surface area contributed by atoms with E-state index in [1.807, 2.05) is 36.4 Å². The Bertz CT molecular complexity index is 675. The fraction of sp³-hybridized carbons (Fsp3) is 0.368. The molecule has 2 N–H and O–H groups in total. The van der Waals surface area contributed by atoms with Crippen molar-refractivity contribution in [1.82, 2.24) is 15.6 Å². The number of hydrogen-bond donors (Lipinski definition) is 2. The van der Waals surface area contributed by atoms with Crippen LogP contribution in [0.2, 0.25) is 0 Å². The third-order valence-corrected chi connectivity index (χ3v) is 4.32. The van der Waals surface area contributed by atoms with Crippen molar-refractivity contribution in [2.45, 2.75) is 38.3 Å². The standard InChI is InChI=1S/C19H23N3O2/c1-2-16(14-9-11-20-12-10-14)21-19(23)22-17-7-5-13-24-18-8-4-3-6-15(17)18/h3-4,6,8-12,16-17H,2,5,7,13H2,1H3,(H2,21,22,23)/t16-,17-/m0/s1. The summed E-state index contributed by atoms with van der Waals surface area (Å²) in [6.45, 7) is 2.74. The minimum atomic E-state index is -0.152. The molecule has 0 aliphatic carbocycles. The van der Waals surface area contributed by atoms with Gasteiger partial charge in [0.25, 0.3) is 0 Å². The van der Waals surface area contributed by atoms with Crippen molar-refractivity contribution >= 4 is 6.03 Å². The van der Waals surface area contributed by atoms with Crippen LogP contribution in [0.5, 0.6) is 5.75 Å². The van der Waals surface area contributed by atoms with Crippen LogP contribution in [-0.2, 0) is 0 Å². The van der Waals surface area contributed by atoms with Crippen molar-refractivity contribution < 1.29 is 9.53 Å². The van der Waals surface area contributed by atoms with E-state index >= 15 is 0 Å². The van der Waals surface area contributed by atoms with Gasteiger partial charge >= 0.3 is 6.03 Å². The highest BCUT2D eigenvalue weighted by molar-refractivity contribution is 5.75. The lowest BCUT2D eigenvalue weighted by Gasteiger charge is -2.22. The predicted octanol–water partition coefficient (Wildman–Crippen LogP) is 3.75. The molecule has 1 aliphatic rings. The average Bonchev–Trinajstić information content (AvgIpc) is 2.83. The molecule has 2 atom stereocenters. The largest absolute Gasteiger partial charge is 0.493 e. The number of aromatic nitrogens is 1. The molecule has 5 heteroatoms. The molecule has 0 radical (unpaired) electrons. The summed E-state index contributed by atoms with van der Waals surface area (Å²) in [5.41, 5.74) is 2.11. The fourth-order valence-corrected chi connectivity index (χ4v) is 3.05. The maximum absolute atomic E-state index is 12.5. The van der Waals surface area contributed by atoms with E-state index in [4.69, 9.17) is 4.74 Å². The number of carbonyl (C=O) groups is 1. The Labute approximate surface area is 142 Å². The SMILES string of the molecule is CC[C@H](NC(=O)N[C@H]1CCCOc2ccccc21)c1ccncc1. The first kappa shape index (κ1) is 16.3. The Hall–Kier alpha value is -2.56. The Morgan fingerprint density at radius 2 is 2.08 bits per heavy atom. The molecule has 1 aromatic heterocycles. The number of benzene rings is 1. The first-order valence-corrected chi connectivity index (χ1v) is 8.46. The van der Waals surface area contributed by atoms with Crippen LogP contribution in [0.4, 0.5) is 4.79 Å². The summed E-state index contributed by atoms with van der Waals surface area (Å²) in [5.74, 6) is 0.862. The highest BCUT2D eigenvalue weighted by Crippen LogP contribution is 2.31. The zero-order valence-electron chi connectivity index (χ0n) is 13.9. The molecule has 24 heavy (non-hydrogen) atoms. The summed E-state index contributed by atoms with van der Waals surface area (Å²) in [5, 5.41) is 6.17. The molecule has 0 unspecified atom stereocenters. The smallest absolute Gasteiger partial charge is 0.315 e. The fourth-order valence-electron chi connectivity index (χ4n) is 3.05. The molecule has 0 bridgehead atoms. The van der Waals surface area contributed by atoms with E-state index < -0.39 is 0 Å². The number of nitrogens with one attached hydrogen (secondary N) is 2. The molecule has 0 saturated carbocycles. The van der Waals surface area contributed by atoms with Gasteiger partial charge in [-0.15, -0.1) is 0 Å². The molecule has 1 aromatic carbocycles. The van der Waals surface area contributed by atoms with Crippen LogP contribution in [-0.4, -0.2) is 17.6 Å². The third kappa shape index (κ3) is 3.85. The zero-order chi connectivity index (χ0) is 16.8. The minimum absolute atomic E-state index is 0.0229. The number of nitrogens with zero attached hydrogens (tertiary/aromatic N) is 1. The van der Waals surface area contributed by atoms with Crippen molar-refractivity contribution in [2.24, 2.45) is 0 Å². The quantitative estimate of drug-likeness (QED) is 0.900. The molecule has 2 heterocycles. The number of fused-ring (bicyclic) bond motifs is 1. The van der Waals surface area contributed by atoms with E-state index in [2.05, 4.69) is 22.5 Å². The van der Waals surface area contributed by atoms with Crippen molar-refractivity contribution in [3.63, 3.8) is 0 Å². The maximum atomic E-state index is 12.5. The molecule has 0 saturated heterocycles. The lowest BCUT2D eigenvalue weighted by molar-refractivity contribution is 0.232. The van der Waals surface area contributed by atoms with Crippen molar-refractivity contribution in [3.8, 4) is 5.75 Å². The van der Waals surface area contributed by atoms with Crippen molar-refractivity contribution in [3.05, 3.63) is 59.9 Å². The second-order valence-electron chi connectivity index (χ2n) is 5.94. The van der Waals surface area contributed by atoms with Gasteiger partial charge in [-0.1, -0.05) is 25.1 Å². The summed E-state index contributed by atoms with van der Waals surface area (Å²) in [6.07, 6.45) is 6.10. The number of carbonyl (C=O) groups excluding carboxylic acids is 1. The number of hydrogen-bond acceptors (Lipinski definition) is 3. The van der Waals surface area contributed by atoms with Crippen LogP contribution in [0, 0.1) is 0 Å². The van der Waals surface area contributed by atoms with Crippen LogP contribution in [0.3, 0.4) is 0 Å². The van der Waals surface area contributed by atoms with Crippen LogP contribution in [0.1, 0.15) is 49.4 Å². The molecular weight excluding hydrogens is 302 g/mol. The second-order valence-corrected chi connectivity index (χ2v) is 5.94. The summed E-state index contributed by atoms with van der Waals surface area (Å²) in [4.78, 5) is 16.5. The third-order valence-electron chi connectivity index (χ3n) is 4.32. The number of urea groups is 1. The molecule has 2 amide bonds. The summed E-state index contributed by atoms with van der Waals surface area (Å²) in [7, 11) is 0. The zero-order valence-corrected chi connectivity index (χ0v) is 13.9. The predicted molar refractivity (Wildman–Crippen MR) is 92.8 cm³/mol. The number of para-hydroxylation sites is 1. The van der Waals surface area contributed by atoms with Gasteiger partial charge < -0.3 is 15.4 Å². The van der Waals surface area contributed by atoms with Gasteiger partial charge in [0.05, 0.1) is 18.7 Å². The minimum Gasteiger partial charge on any atom is -0.493 e. The van der Waals surface area contributed by atoms with Crippen LogP contribution in [0.15, 0.2) is 48.8 Å². The molecule has 0 spiro atoms. The van der Waals surface area contributed by atoms with Gasteiger partial charge in [0.1, 0.15) is 5.75 Å². The van der Waals surface area contributed by atoms with Crippen LogP contribution < -0.4 is 15.4 Å². The lowest BCUT2D eigenvalue weighted by atomic mass is 10.0. The van der Waals surface area contributed by atoms with E-state index in [0.29, 0.717) is 6.61 Å². The number of pyridine rings is 1. The van der Waals surface area contributed by atoms with Gasteiger partial charge in [-0.3, -0.25) is 4.98 Å². The average molecular weight is 325 g/mol. The summed E-state index contributed by atoms with van der Waals surface area (Å²) >= 11 is 0. The van der Waals surface area contributed by atoms with Crippen molar-refractivity contribution in [1.29, 1.82) is 0 Å². The number of ether oxygens (including phenoxy) is 1. The normalized spacial score (nSPS) is 17.8. The second kappa shape index (κ2) is 7.81. The first-order chi connectivity index (χ1) is 11.8. The Morgan fingerprint density at radius 3 is 2.88 bits per heavy atom. The van der Waals surface area contributed by atoms with Gasteiger partial charge in [0.2, 0.25) is 0 Å². The topological polar surface area (TPSA) is 63.2 Å². The highest BCUT2D eigenvalue weighted by atomic mass is 16.5. The molecule has 0 fully saturated rings. The Balaban J connectivity index is 1.68. The Morgan fingerprint density at radius 1 is 1.29 bits per heavy atom. The molecule has 5 nitrogen and oxygen atoms in total. The van der Waals surface area contributed by atoms with Gasteiger partial charge in [-0.2, -0.15) is 0 Å². The molecule has 1 aliphatic heterocycles. The monoisotopic (exact) mass is 325 g/mol. The van der Waals surface area contributed by atoms with E-state index in [1.165, 1.54) is 0 Å². The van der Waals surface area contributed by atoms with Crippen LogP contribution >= 0.6 is 0 Å². The van der Waals surface area contributed by atoms with E-state index in [-0.39, 0.29) is 18.1 Å². The van der Waals surface area contributed by atoms with E-state index in [9.17, 15) is 4.79 Å².